The average molecular weight is 185 g/mol. The van der Waals surface area contributed by atoms with Crippen molar-refractivity contribution in [3.05, 3.63) is 0 Å². The summed E-state index contributed by atoms with van der Waals surface area (Å²) in [6, 6.07) is 0. The lowest BCUT2D eigenvalue weighted by molar-refractivity contribution is 0.0784. The molecule has 76 valence electrons. The van der Waals surface area contributed by atoms with E-state index < -0.39 is 0 Å². The topological polar surface area (TPSA) is 32.7 Å². The van der Waals surface area contributed by atoms with Gasteiger partial charge < -0.3 is 14.7 Å². The average Bonchev–Trinajstić information content (AvgIpc) is 2.76. The van der Waals surface area contributed by atoms with E-state index in [0.29, 0.717) is 18.6 Å². The molecule has 0 amide bonds. The molecule has 2 aliphatic heterocycles. The van der Waals surface area contributed by atoms with Crippen LogP contribution in [0.2, 0.25) is 0 Å². The summed E-state index contributed by atoms with van der Waals surface area (Å²) in [5, 5.41) is 8.99. The van der Waals surface area contributed by atoms with Crippen molar-refractivity contribution >= 4 is 0 Å². The monoisotopic (exact) mass is 185 g/mol. The molecule has 2 heterocycles. The van der Waals surface area contributed by atoms with Gasteiger partial charge in [0, 0.05) is 26.3 Å². The predicted molar refractivity (Wildman–Crippen MR) is 50.6 cm³/mol. The van der Waals surface area contributed by atoms with Gasteiger partial charge in [0.1, 0.15) is 0 Å². The highest BCUT2D eigenvalue weighted by Crippen LogP contribution is 2.19. The molecule has 2 saturated heterocycles. The molecule has 0 bridgehead atoms. The smallest absolute Gasteiger partial charge is 0.0702 e. The third-order valence-corrected chi connectivity index (χ3v) is 3.11. The van der Waals surface area contributed by atoms with Crippen molar-refractivity contribution in [1.29, 1.82) is 0 Å². The van der Waals surface area contributed by atoms with Crippen LogP contribution in [0.1, 0.15) is 19.3 Å². The quantitative estimate of drug-likeness (QED) is 0.694. The number of nitrogens with zero attached hydrogens (tertiary/aromatic N) is 1. The first-order valence-electron chi connectivity index (χ1n) is 5.33. The van der Waals surface area contributed by atoms with E-state index in [9.17, 15) is 0 Å². The van der Waals surface area contributed by atoms with Crippen molar-refractivity contribution in [3.63, 3.8) is 0 Å². The van der Waals surface area contributed by atoms with Crippen LogP contribution < -0.4 is 0 Å². The third kappa shape index (κ3) is 2.42. The van der Waals surface area contributed by atoms with Gasteiger partial charge >= 0.3 is 0 Å². The summed E-state index contributed by atoms with van der Waals surface area (Å²) in [5.74, 6) is 0.515. The van der Waals surface area contributed by atoms with E-state index in [1.807, 2.05) is 0 Å². The molecule has 2 fully saturated rings. The fraction of sp³-hybridized carbons (Fsp3) is 1.00. The number of rotatable bonds is 3. The van der Waals surface area contributed by atoms with Crippen LogP contribution in [0, 0.1) is 5.92 Å². The summed E-state index contributed by atoms with van der Waals surface area (Å²) in [6.45, 7) is 4.59. The van der Waals surface area contributed by atoms with Crippen LogP contribution in [0.15, 0.2) is 0 Å². The van der Waals surface area contributed by atoms with E-state index in [1.165, 1.54) is 12.8 Å². The summed E-state index contributed by atoms with van der Waals surface area (Å²) in [6.07, 6.45) is 4.07. The normalized spacial score (nSPS) is 35.8. The lowest BCUT2D eigenvalue weighted by Crippen LogP contribution is -2.30. The number of aliphatic hydroxyl groups is 1. The fourth-order valence-electron chi connectivity index (χ4n) is 2.30. The van der Waals surface area contributed by atoms with Gasteiger partial charge in [0.2, 0.25) is 0 Å². The molecule has 2 aliphatic rings. The molecular weight excluding hydrogens is 166 g/mol. The summed E-state index contributed by atoms with van der Waals surface area (Å²) in [4.78, 5) is 2.43. The zero-order valence-electron chi connectivity index (χ0n) is 8.11. The van der Waals surface area contributed by atoms with E-state index >= 15 is 0 Å². The largest absolute Gasteiger partial charge is 0.396 e. The molecule has 0 saturated carbocycles. The van der Waals surface area contributed by atoms with Gasteiger partial charge in [-0.25, -0.2) is 0 Å². The van der Waals surface area contributed by atoms with E-state index in [-0.39, 0.29) is 0 Å². The second-order valence-corrected chi connectivity index (χ2v) is 4.23. The van der Waals surface area contributed by atoms with Crippen LogP contribution in [-0.2, 0) is 4.74 Å². The van der Waals surface area contributed by atoms with E-state index in [0.717, 1.165) is 32.7 Å². The molecule has 0 spiro atoms. The van der Waals surface area contributed by atoms with Gasteiger partial charge in [-0.05, 0) is 31.7 Å². The van der Waals surface area contributed by atoms with Crippen LogP contribution in [0.5, 0.6) is 0 Å². The van der Waals surface area contributed by atoms with Crippen molar-refractivity contribution in [2.75, 3.05) is 32.8 Å². The lowest BCUT2D eigenvalue weighted by Gasteiger charge is -2.19. The van der Waals surface area contributed by atoms with Crippen LogP contribution in [0.3, 0.4) is 0 Å². The van der Waals surface area contributed by atoms with Crippen molar-refractivity contribution in [1.82, 2.24) is 4.90 Å². The number of aliphatic hydroxyl groups excluding tert-OH is 1. The molecule has 3 heteroatoms. The van der Waals surface area contributed by atoms with Gasteiger partial charge in [-0.2, -0.15) is 0 Å². The molecule has 3 nitrogen and oxygen atoms in total. The number of ether oxygens (including phenoxy) is 1. The molecule has 1 N–H and O–H groups in total. The molecule has 0 aromatic carbocycles. The van der Waals surface area contributed by atoms with E-state index in [2.05, 4.69) is 4.90 Å². The molecule has 0 aromatic rings. The minimum absolute atomic E-state index is 0.349. The maximum atomic E-state index is 8.99. The second-order valence-electron chi connectivity index (χ2n) is 4.23. The van der Waals surface area contributed by atoms with Gasteiger partial charge in [-0.15, -0.1) is 0 Å². The van der Waals surface area contributed by atoms with Crippen LogP contribution >= 0.6 is 0 Å². The highest BCUT2D eigenvalue weighted by molar-refractivity contribution is 4.78. The maximum absolute atomic E-state index is 8.99. The Kier molecular flexibility index (Phi) is 3.19. The molecule has 0 radical (unpaired) electrons. The van der Waals surface area contributed by atoms with Crippen LogP contribution in [0.25, 0.3) is 0 Å². The summed E-state index contributed by atoms with van der Waals surface area (Å²) in [7, 11) is 0. The van der Waals surface area contributed by atoms with Gasteiger partial charge in [0.25, 0.3) is 0 Å². The number of hydrogen-bond donors (Lipinski definition) is 1. The molecule has 13 heavy (non-hydrogen) atoms. The van der Waals surface area contributed by atoms with Crippen LogP contribution in [0.4, 0.5) is 0 Å². The van der Waals surface area contributed by atoms with Crippen LogP contribution in [-0.4, -0.2) is 49.0 Å². The highest BCUT2D eigenvalue weighted by atomic mass is 16.5. The Morgan fingerprint density at radius 3 is 2.92 bits per heavy atom. The predicted octanol–water partition coefficient (Wildman–Crippen LogP) is 0.480. The Labute approximate surface area is 79.7 Å². The fourth-order valence-corrected chi connectivity index (χ4v) is 2.30. The first-order chi connectivity index (χ1) is 6.38. The Morgan fingerprint density at radius 1 is 1.38 bits per heavy atom. The Hall–Kier alpha value is -0.120. The Bertz CT molecular complexity index is 157. The van der Waals surface area contributed by atoms with Crippen molar-refractivity contribution in [2.24, 2.45) is 5.92 Å². The molecular formula is C10H19NO2. The van der Waals surface area contributed by atoms with E-state index in [4.69, 9.17) is 9.84 Å². The lowest BCUT2D eigenvalue weighted by atomic mass is 10.1. The van der Waals surface area contributed by atoms with Gasteiger partial charge in [-0.3, -0.25) is 0 Å². The molecule has 0 aliphatic carbocycles. The Morgan fingerprint density at radius 2 is 2.31 bits per heavy atom. The molecule has 2 atom stereocenters. The third-order valence-electron chi connectivity index (χ3n) is 3.11. The molecule has 2 rings (SSSR count). The standard InChI is InChI=1S/C10H19NO2/c12-8-9-3-4-11(6-9)7-10-2-1-5-13-10/h9-10,12H,1-8H2/t9-,10?/m1/s1. The molecule has 1 unspecified atom stereocenters. The minimum Gasteiger partial charge on any atom is -0.396 e. The first-order valence-corrected chi connectivity index (χ1v) is 5.33. The second kappa shape index (κ2) is 4.40. The first kappa shape index (κ1) is 9.44. The summed E-state index contributed by atoms with van der Waals surface area (Å²) < 4.78 is 5.58. The zero-order valence-corrected chi connectivity index (χ0v) is 8.11. The van der Waals surface area contributed by atoms with Gasteiger partial charge in [0.15, 0.2) is 0 Å². The number of likely N-dealkylation sites (tertiary alicyclic amines) is 1. The highest BCUT2D eigenvalue weighted by Gasteiger charge is 2.25. The maximum Gasteiger partial charge on any atom is 0.0702 e. The van der Waals surface area contributed by atoms with E-state index in [1.54, 1.807) is 0 Å². The van der Waals surface area contributed by atoms with Gasteiger partial charge in [0.05, 0.1) is 6.10 Å². The van der Waals surface area contributed by atoms with Crippen molar-refractivity contribution in [3.8, 4) is 0 Å². The number of hydrogen-bond acceptors (Lipinski definition) is 3. The van der Waals surface area contributed by atoms with Crippen molar-refractivity contribution in [2.45, 2.75) is 25.4 Å². The zero-order chi connectivity index (χ0) is 9.10. The Balaban J connectivity index is 1.70. The van der Waals surface area contributed by atoms with Gasteiger partial charge in [-0.1, -0.05) is 0 Å². The minimum atomic E-state index is 0.349. The summed E-state index contributed by atoms with van der Waals surface area (Å²) >= 11 is 0. The summed E-state index contributed by atoms with van der Waals surface area (Å²) in [5.41, 5.74) is 0. The molecule has 0 aromatic heterocycles. The van der Waals surface area contributed by atoms with Crippen molar-refractivity contribution < 1.29 is 9.84 Å². The SMILES string of the molecule is OC[C@@H]1CCN(CC2CCCO2)C1.